The quantitative estimate of drug-likeness (QED) is 0.919. The largest absolute Gasteiger partial charge is 0.496 e. The molecule has 20 heavy (non-hydrogen) atoms. The van der Waals surface area contributed by atoms with Crippen LogP contribution in [0.15, 0.2) is 18.2 Å². The van der Waals surface area contributed by atoms with Crippen LogP contribution in [0.2, 0.25) is 0 Å². The van der Waals surface area contributed by atoms with E-state index in [1.54, 1.807) is 6.07 Å². The molecule has 4 nitrogen and oxygen atoms in total. The van der Waals surface area contributed by atoms with Crippen molar-refractivity contribution in [3.63, 3.8) is 0 Å². The van der Waals surface area contributed by atoms with Crippen LogP contribution in [0, 0.1) is 11.8 Å². The number of hydrogen-bond donors (Lipinski definition) is 1. The van der Waals surface area contributed by atoms with Gasteiger partial charge in [0, 0.05) is 19.6 Å². The van der Waals surface area contributed by atoms with E-state index in [2.05, 4.69) is 18.7 Å². The van der Waals surface area contributed by atoms with Gasteiger partial charge in [0.05, 0.1) is 7.11 Å². The van der Waals surface area contributed by atoms with E-state index in [1.807, 2.05) is 12.1 Å². The lowest BCUT2D eigenvalue weighted by molar-refractivity contribution is 0.0693. The summed E-state index contributed by atoms with van der Waals surface area (Å²) in [5, 5.41) is 9.09. The molecule has 0 aliphatic carbocycles. The maximum absolute atomic E-state index is 11.1. The molecule has 0 bridgehead atoms. The van der Waals surface area contributed by atoms with Crippen LogP contribution in [-0.2, 0) is 6.54 Å². The molecule has 0 amide bonds. The van der Waals surface area contributed by atoms with E-state index in [0.29, 0.717) is 5.75 Å². The SMILES string of the molecule is COc1cc(CN2CC(C)CC(C)C2)ccc1C(=O)O. The zero-order valence-electron chi connectivity index (χ0n) is 12.4. The van der Waals surface area contributed by atoms with Crippen LogP contribution in [0.25, 0.3) is 0 Å². The number of carboxylic acid groups (broad SMARTS) is 1. The van der Waals surface area contributed by atoms with Crippen molar-refractivity contribution < 1.29 is 14.6 Å². The first-order valence-corrected chi connectivity index (χ1v) is 7.12. The summed E-state index contributed by atoms with van der Waals surface area (Å²) in [5.74, 6) is 0.930. The van der Waals surface area contributed by atoms with Crippen LogP contribution in [-0.4, -0.2) is 36.2 Å². The standard InChI is InChI=1S/C16H23NO3/c1-11-6-12(2)9-17(8-11)10-13-4-5-14(16(18)19)15(7-13)20-3/h4-5,7,11-12H,6,8-10H2,1-3H3,(H,18,19). The monoisotopic (exact) mass is 277 g/mol. The topological polar surface area (TPSA) is 49.8 Å². The molecule has 110 valence electrons. The summed E-state index contributed by atoms with van der Waals surface area (Å²) in [6, 6.07) is 5.36. The third kappa shape index (κ3) is 3.51. The van der Waals surface area contributed by atoms with Gasteiger partial charge in [-0.2, -0.15) is 0 Å². The van der Waals surface area contributed by atoms with Gasteiger partial charge in [-0.3, -0.25) is 4.90 Å². The fourth-order valence-electron chi connectivity index (χ4n) is 3.19. The lowest BCUT2D eigenvalue weighted by atomic mass is 9.91. The molecule has 1 N–H and O–H groups in total. The second-order valence-corrected chi connectivity index (χ2v) is 5.98. The maximum Gasteiger partial charge on any atom is 0.339 e. The Morgan fingerprint density at radius 3 is 2.55 bits per heavy atom. The van der Waals surface area contributed by atoms with Gasteiger partial charge < -0.3 is 9.84 Å². The van der Waals surface area contributed by atoms with E-state index in [4.69, 9.17) is 9.84 Å². The molecule has 1 aromatic rings. The summed E-state index contributed by atoms with van der Waals surface area (Å²) < 4.78 is 5.18. The van der Waals surface area contributed by atoms with Crippen molar-refractivity contribution in [2.45, 2.75) is 26.8 Å². The molecule has 1 heterocycles. The number of rotatable bonds is 4. The molecule has 1 aromatic carbocycles. The summed E-state index contributed by atoms with van der Waals surface area (Å²) >= 11 is 0. The first kappa shape index (κ1) is 14.9. The molecule has 1 fully saturated rings. The van der Waals surface area contributed by atoms with Gasteiger partial charge in [0.15, 0.2) is 0 Å². The third-order valence-corrected chi connectivity index (χ3v) is 3.85. The Hall–Kier alpha value is -1.55. The van der Waals surface area contributed by atoms with E-state index in [1.165, 1.54) is 13.5 Å². The normalized spacial score (nSPS) is 23.6. The number of benzene rings is 1. The Morgan fingerprint density at radius 2 is 2.00 bits per heavy atom. The minimum atomic E-state index is -0.950. The van der Waals surface area contributed by atoms with E-state index >= 15 is 0 Å². The molecular formula is C16H23NO3. The smallest absolute Gasteiger partial charge is 0.339 e. The van der Waals surface area contributed by atoms with Gasteiger partial charge in [-0.25, -0.2) is 4.79 Å². The number of nitrogens with zero attached hydrogens (tertiary/aromatic N) is 1. The van der Waals surface area contributed by atoms with Gasteiger partial charge >= 0.3 is 5.97 Å². The predicted molar refractivity (Wildman–Crippen MR) is 78.2 cm³/mol. The average Bonchev–Trinajstić information content (AvgIpc) is 2.37. The van der Waals surface area contributed by atoms with Gasteiger partial charge in [0.25, 0.3) is 0 Å². The number of hydrogen-bond acceptors (Lipinski definition) is 3. The van der Waals surface area contributed by atoms with Crippen molar-refractivity contribution >= 4 is 5.97 Å². The Bertz CT molecular complexity index is 477. The Kier molecular flexibility index (Phi) is 4.65. The number of aromatic carboxylic acids is 1. The number of likely N-dealkylation sites (tertiary alicyclic amines) is 1. The second kappa shape index (κ2) is 6.27. The first-order chi connectivity index (χ1) is 9.49. The Labute approximate surface area is 120 Å². The molecule has 2 atom stereocenters. The highest BCUT2D eigenvalue weighted by atomic mass is 16.5. The van der Waals surface area contributed by atoms with E-state index in [0.717, 1.165) is 37.0 Å². The zero-order chi connectivity index (χ0) is 14.7. The van der Waals surface area contributed by atoms with Crippen LogP contribution in [0.4, 0.5) is 0 Å². The van der Waals surface area contributed by atoms with Crippen LogP contribution in [0.5, 0.6) is 5.75 Å². The number of carbonyl (C=O) groups is 1. The number of methoxy groups -OCH3 is 1. The minimum absolute atomic E-state index is 0.219. The summed E-state index contributed by atoms with van der Waals surface area (Å²) in [6.45, 7) is 7.64. The van der Waals surface area contributed by atoms with Crippen molar-refractivity contribution in [1.82, 2.24) is 4.90 Å². The van der Waals surface area contributed by atoms with Crippen molar-refractivity contribution in [1.29, 1.82) is 0 Å². The molecular weight excluding hydrogens is 254 g/mol. The Balaban J connectivity index is 2.11. The van der Waals surface area contributed by atoms with Crippen LogP contribution in [0.3, 0.4) is 0 Å². The van der Waals surface area contributed by atoms with Crippen LogP contribution < -0.4 is 4.74 Å². The highest BCUT2D eigenvalue weighted by Crippen LogP contribution is 2.25. The molecule has 1 aliphatic rings. The summed E-state index contributed by atoms with van der Waals surface area (Å²) in [7, 11) is 1.51. The van der Waals surface area contributed by atoms with Crippen molar-refractivity contribution in [2.24, 2.45) is 11.8 Å². The average molecular weight is 277 g/mol. The molecule has 0 radical (unpaired) electrons. The third-order valence-electron chi connectivity index (χ3n) is 3.85. The highest BCUT2D eigenvalue weighted by Gasteiger charge is 2.22. The van der Waals surface area contributed by atoms with Gasteiger partial charge in [-0.15, -0.1) is 0 Å². The summed E-state index contributed by atoms with van der Waals surface area (Å²) in [4.78, 5) is 13.5. The highest BCUT2D eigenvalue weighted by molar-refractivity contribution is 5.90. The summed E-state index contributed by atoms with van der Waals surface area (Å²) in [5.41, 5.74) is 1.32. The second-order valence-electron chi connectivity index (χ2n) is 5.98. The number of ether oxygens (including phenoxy) is 1. The fourth-order valence-corrected chi connectivity index (χ4v) is 3.19. The van der Waals surface area contributed by atoms with Crippen molar-refractivity contribution in [3.8, 4) is 5.75 Å². The maximum atomic E-state index is 11.1. The minimum Gasteiger partial charge on any atom is -0.496 e. The van der Waals surface area contributed by atoms with Crippen molar-refractivity contribution in [3.05, 3.63) is 29.3 Å². The van der Waals surface area contributed by atoms with Gasteiger partial charge in [-0.05, 0) is 36.0 Å². The molecule has 4 heteroatoms. The molecule has 2 rings (SSSR count). The number of piperidine rings is 1. The molecule has 1 aliphatic heterocycles. The number of carboxylic acids is 1. The first-order valence-electron chi connectivity index (χ1n) is 7.12. The molecule has 0 aromatic heterocycles. The molecule has 0 spiro atoms. The van der Waals surface area contributed by atoms with Gasteiger partial charge in [0.2, 0.25) is 0 Å². The van der Waals surface area contributed by atoms with E-state index in [-0.39, 0.29) is 5.56 Å². The fraction of sp³-hybridized carbons (Fsp3) is 0.562. The van der Waals surface area contributed by atoms with Crippen LogP contribution >= 0.6 is 0 Å². The Morgan fingerprint density at radius 1 is 1.35 bits per heavy atom. The van der Waals surface area contributed by atoms with Crippen LogP contribution in [0.1, 0.15) is 36.2 Å². The lowest BCUT2D eigenvalue weighted by Crippen LogP contribution is -2.38. The van der Waals surface area contributed by atoms with Crippen molar-refractivity contribution in [2.75, 3.05) is 20.2 Å². The molecule has 0 saturated carbocycles. The van der Waals surface area contributed by atoms with E-state index < -0.39 is 5.97 Å². The molecule has 2 unspecified atom stereocenters. The summed E-state index contributed by atoms with van der Waals surface area (Å²) in [6.07, 6.45) is 1.29. The van der Waals surface area contributed by atoms with Gasteiger partial charge in [-0.1, -0.05) is 19.9 Å². The lowest BCUT2D eigenvalue weighted by Gasteiger charge is -2.35. The van der Waals surface area contributed by atoms with E-state index in [9.17, 15) is 4.79 Å². The predicted octanol–water partition coefficient (Wildman–Crippen LogP) is 2.87. The van der Waals surface area contributed by atoms with Gasteiger partial charge in [0.1, 0.15) is 11.3 Å². The molecule has 1 saturated heterocycles. The zero-order valence-corrected chi connectivity index (χ0v) is 12.4.